The van der Waals surface area contributed by atoms with Crippen molar-refractivity contribution >= 4 is 0 Å². The van der Waals surface area contributed by atoms with Crippen LogP contribution in [0.25, 0.3) is 0 Å². The molecule has 0 bridgehead atoms. The molecule has 0 N–H and O–H groups in total. The molecule has 0 heterocycles. The Labute approximate surface area is 134 Å². The molecule has 0 aliphatic carbocycles. The quantitative estimate of drug-likeness (QED) is 0.511. The highest BCUT2D eigenvalue weighted by Gasteiger charge is 2.21. The summed E-state index contributed by atoms with van der Waals surface area (Å²) >= 11 is 0. The number of hydrogen-bond acceptors (Lipinski definition) is 2. The Morgan fingerprint density at radius 2 is 1.43 bits per heavy atom. The molecule has 0 aromatic carbocycles. The van der Waals surface area contributed by atoms with Crippen LogP contribution in [0.2, 0.25) is 0 Å². The molecule has 126 valence electrons. The Balaban J connectivity index is 4.80. The van der Waals surface area contributed by atoms with Gasteiger partial charge in [0.2, 0.25) is 0 Å². The normalized spacial score (nSPS) is 14.0. The summed E-state index contributed by atoms with van der Waals surface area (Å²) in [6.45, 7) is 27.2. The van der Waals surface area contributed by atoms with E-state index < -0.39 is 0 Å². The van der Waals surface area contributed by atoms with Gasteiger partial charge in [0, 0.05) is 31.7 Å². The largest absolute Gasteiger partial charge is 0.303 e. The van der Waals surface area contributed by atoms with Gasteiger partial charge in [-0.1, -0.05) is 26.3 Å². The van der Waals surface area contributed by atoms with Crippen LogP contribution in [0.4, 0.5) is 0 Å². The maximum atomic E-state index is 4.15. The zero-order chi connectivity index (χ0) is 16.6. The van der Waals surface area contributed by atoms with Crippen LogP contribution in [0.3, 0.4) is 0 Å². The van der Waals surface area contributed by atoms with E-state index >= 15 is 0 Å². The summed E-state index contributed by atoms with van der Waals surface area (Å²) in [6, 6.07) is 1.22. The first kappa shape index (κ1) is 20.7. The second kappa shape index (κ2) is 10.4. The average Bonchev–Trinajstić information content (AvgIpc) is 2.32. The van der Waals surface area contributed by atoms with Gasteiger partial charge in [0.1, 0.15) is 0 Å². The van der Waals surface area contributed by atoms with Gasteiger partial charge in [-0.3, -0.25) is 4.90 Å². The highest BCUT2D eigenvalue weighted by Crippen LogP contribution is 2.18. The molecule has 0 saturated carbocycles. The molecule has 0 aromatic rings. The van der Waals surface area contributed by atoms with E-state index in [1.807, 2.05) is 0 Å². The first-order chi connectivity index (χ1) is 9.67. The average molecular weight is 297 g/mol. The van der Waals surface area contributed by atoms with Crippen LogP contribution >= 0.6 is 0 Å². The van der Waals surface area contributed by atoms with Gasteiger partial charge in [0.05, 0.1) is 0 Å². The van der Waals surface area contributed by atoms with E-state index in [-0.39, 0.29) is 0 Å². The third-order valence-electron chi connectivity index (χ3n) is 4.02. The molecular weight excluding hydrogens is 256 g/mol. The molecule has 0 aromatic heterocycles. The second-order valence-corrected chi connectivity index (χ2v) is 7.66. The van der Waals surface area contributed by atoms with E-state index in [0.717, 1.165) is 18.9 Å². The molecule has 1 atom stereocenters. The number of nitrogens with zero attached hydrogens (tertiary/aromatic N) is 2. The Hall–Kier alpha value is -0.340. The van der Waals surface area contributed by atoms with E-state index in [1.54, 1.807) is 0 Å². The van der Waals surface area contributed by atoms with Gasteiger partial charge in [0.15, 0.2) is 0 Å². The fourth-order valence-corrected chi connectivity index (χ4v) is 3.21. The monoisotopic (exact) mass is 296 g/mol. The van der Waals surface area contributed by atoms with Gasteiger partial charge in [-0.05, 0) is 59.4 Å². The van der Waals surface area contributed by atoms with E-state index in [4.69, 9.17) is 0 Å². The molecule has 21 heavy (non-hydrogen) atoms. The van der Waals surface area contributed by atoms with Crippen LogP contribution < -0.4 is 0 Å². The van der Waals surface area contributed by atoms with Crippen LogP contribution in [0.1, 0.15) is 61.8 Å². The van der Waals surface area contributed by atoms with Gasteiger partial charge < -0.3 is 4.90 Å². The molecule has 0 fully saturated rings. The third-order valence-corrected chi connectivity index (χ3v) is 4.02. The predicted octanol–water partition coefficient (Wildman–Crippen LogP) is 4.67. The fourth-order valence-electron chi connectivity index (χ4n) is 3.21. The summed E-state index contributed by atoms with van der Waals surface area (Å²) in [5.41, 5.74) is 1.31. The Bertz CT molecular complexity index is 273. The summed E-state index contributed by atoms with van der Waals surface area (Å²) in [5, 5.41) is 0. The zero-order valence-electron chi connectivity index (χ0n) is 15.9. The standard InChI is InChI=1S/C19H40N2/c1-10-20(12-16(4)5)13-19(11-15(2)3)14-21(17(6)7)18(8)9/h16-19H,2,10-14H2,1,3-9H3. The Kier molecular flexibility index (Phi) is 10.2. The Morgan fingerprint density at radius 3 is 1.76 bits per heavy atom. The van der Waals surface area contributed by atoms with E-state index in [2.05, 4.69) is 71.8 Å². The summed E-state index contributed by atoms with van der Waals surface area (Å²) in [6.07, 6.45) is 1.14. The molecule has 0 aliphatic heterocycles. The summed E-state index contributed by atoms with van der Waals surface area (Å²) < 4.78 is 0. The lowest BCUT2D eigenvalue weighted by Crippen LogP contribution is -2.44. The zero-order valence-corrected chi connectivity index (χ0v) is 15.9. The van der Waals surface area contributed by atoms with Gasteiger partial charge >= 0.3 is 0 Å². The van der Waals surface area contributed by atoms with Gasteiger partial charge in [-0.25, -0.2) is 0 Å². The van der Waals surface area contributed by atoms with E-state index in [1.165, 1.54) is 25.2 Å². The van der Waals surface area contributed by atoms with Crippen LogP contribution in [0.15, 0.2) is 12.2 Å². The summed E-state index contributed by atoms with van der Waals surface area (Å²) in [4.78, 5) is 5.23. The highest BCUT2D eigenvalue weighted by molar-refractivity contribution is 4.92. The topological polar surface area (TPSA) is 6.48 Å². The van der Waals surface area contributed by atoms with Crippen molar-refractivity contribution in [3.05, 3.63) is 12.2 Å². The van der Waals surface area contributed by atoms with Gasteiger partial charge in [0.25, 0.3) is 0 Å². The Morgan fingerprint density at radius 1 is 0.905 bits per heavy atom. The van der Waals surface area contributed by atoms with Crippen molar-refractivity contribution in [1.29, 1.82) is 0 Å². The molecular formula is C19H40N2. The van der Waals surface area contributed by atoms with Crippen LogP contribution in [-0.2, 0) is 0 Å². The van der Waals surface area contributed by atoms with Crippen molar-refractivity contribution in [2.24, 2.45) is 11.8 Å². The maximum Gasteiger partial charge on any atom is 0.00414 e. The molecule has 0 saturated heterocycles. The smallest absolute Gasteiger partial charge is 0.00414 e. The van der Waals surface area contributed by atoms with Crippen LogP contribution in [-0.4, -0.2) is 48.1 Å². The van der Waals surface area contributed by atoms with Crippen LogP contribution in [0.5, 0.6) is 0 Å². The van der Waals surface area contributed by atoms with E-state index in [9.17, 15) is 0 Å². The second-order valence-electron chi connectivity index (χ2n) is 7.66. The van der Waals surface area contributed by atoms with Crippen molar-refractivity contribution in [2.45, 2.75) is 73.9 Å². The minimum Gasteiger partial charge on any atom is -0.303 e. The minimum atomic E-state index is 0.609. The van der Waals surface area contributed by atoms with Crippen LogP contribution in [0, 0.1) is 11.8 Å². The number of hydrogen-bond donors (Lipinski definition) is 0. The lowest BCUT2D eigenvalue weighted by Gasteiger charge is -2.36. The highest BCUT2D eigenvalue weighted by atomic mass is 15.2. The van der Waals surface area contributed by atoms with Gasteiger partial charge in [-0.2, -0.15) is 0 Å². The molecule has 0 amide bonds. The first-order valence-corrected chi connectivity index (χ1v) is 8.79. The van der Waals surface area contributed by atoms with Crippen molar-refractivity contribution in [1.82, 2.24) is 9.80 Å². The molecule has 0 aliphatic rings. The molecule has 1 unspecified atom stereocenters. The predicted molar refractivity (Wildman–Crippen MR) is 96.9 cm³/mol. The maximum absolute atomic E-state index is 4.15. The lowest BCUT2D eigenvalue weighted by atomic mass is 9.97. The van der Waals surface area contributed by atoms with Crippen molar-refractivity contribution in [3.8, 4) is 0 Å². The molecule has 2 nitrogen and oxygen atoms in total. The molecule has 0 radical (unpaired) electrons. The van der Waals surface area contributed by atoms with Crippen molar-refractivity contribution < 1.29 is 0 Å². The lowest BCUT2D eigenvalue weighted by molar-refractivity contribution is 0.120. The summed E-state index contributed by atoms with van der Waals surface area (Å²) in [5.74, 6) is 1.42. The van der Waals surface area contributed by atoms with Crippen molar-refractivity contribution in [3.63, 3.8) is 0 Å². The molecule has 0 rings (SSSR count). The first-order valence-electron chi connectivity index (χ1n) is 8.79. The van der Waals surface area contributed by atoms with E-state index in [0.29, 0.717) is 18.0 Å². The number of allylic oxidation sites excluding steroid dienone is 1. The fraction of sp³-hybridized carbons (Fsp3) is 0.895. The third kappa shape index (κ3) is 9.31. The molecule has 0 spiro atoms. The number of rotatable bonds is 11. The summed E-state index contributed by atoms with van der Waals surface area (Å²) in [7, 11) is 0. The SMILES string of the molecule is C=C(C)CC(CN(CC)CC(C)C)CN(C(C)C)C(C)C. The van der Waals surface area contributed by atoms with Gasteiger partial charge in [-0.15, -0.1) is 6.58 Å². The molecule has 2 heteroatoms. The van der Waals surface area contributed by atoms with Crippen molar-refractivity contribution in [2.75, 3.05) is 26.2 Å². The minimum absolute atomic E-state index is 0.609.